The highest BCUT2D eigenvalue weighted by molar-refractivity contribution is 9.10. The number of anilines is 1. The summed E-state index contributed by atoms with van der Waals surface area (Å²) in [5.41, 5.74) is 0.457. The van der Waals surface area contributed by atoms with Crippen LogP contribution < -0.4 is 10.1 Å². The molecule has 2 rings (SSSR count). The highest BCUT2D eigenvalue weighted by Crippen LogP contribution is 2.27. The molecule has 2 aromatic carbocycles. The molecule has 6 nitrogen and oxygen atoms in total. The number of hydrogen-bond acceptors (Lipinski definition) is 5. The number of benzene rings is 2. The molecule has 0 saturated carbocycles. The maximum absolute atomic E-state index is 12.0. The first kappa shape index (κ1) is 17.3. The number of nitro groups is 1. The number of ether oxygens (including phenoxy) is 1. The number of amides is 1. The fourth-order valence-corrected chi connectivity index (χ4v) is 2.89. The normalized spacial score (nSPS) is 10.2. The van der Waals surface area contributed by atoms with Crippen LogP contribution in [0.3, 0.4) is 0 Å². The Morgan fingerprint density at radius 2 is 2.00 bits per heavy atom. The topological polar surface area (TPSA) is 81.5 Å². The molecule has 0 fully saturated rings. The number of hydrogen-bond donors (Lipinski definition) is 1. The molecular formula is C15H13BrN2O4S. The average Bonchev–Trinajstić information content (AvgIpc) is 2.55. The van der Waals surface area contributed by atoms with Crippen LogP contribution in [-0.2, 0) is 4.79 Å². The molecule has 0 aromatic heterocycles. The summed E-state index contributed by atoms with van der Waals surface area (Å²) in [4.78, 5) is 23.1. The van der Waals surface area contributed by atoms with Gasteiger partial charge in [0.25, 0.3) is 5.69 Å². The van der Waals surface area contributed by atoms with Crippen LogP contribution in [0, 0.1) is 10.1 Å². The van der Waals surface area contributed by atoms with Gasteiger partial charge in [0.1, 0.15) is 5.75 Å². The Morgan fingerprint density at radius 3 is 2.57 bits per heavy atom. The van der Waals surface area contributed by atoms with Crippen LogP contribution in [0.15, 0.2) is 51.8 Å². The number of rotatable bonds is 6. The maximum atomic E-state index is 12.0. The van der Waals surface area contributed by atoms with Crippen molar-refractivity contribution >= 4 is 45.0 Å². The second-order valence-electron chi connectivity index (χ2n) is 4.43. The van der Waals surface area contributed by atoms with Crippen molar-refractivity contribution in [1.82, 2.24) is 0 Å². The lowest BCUT2D eigenvalue weighted by atomic mass is 10.3. The number of halogens is 1. The zero-order valence-corrected chi connectivity index (χ0v) is 14.5. The Kier molecular flexibility index (Phi) is 6.00. The Hall–Kier alpha value is -2.06. The fourth-order valence-electron chi connectivity index (χ4n) is 1.73. The minimum atomic E-state index is -0.490. The second kappa shape index (κ2) is 7.98. The highest BCUT2D eigenvalue weighted by Gasteiger charge is 2.11. The van der Waals surface area contributed by atoms with Gasteiger partial charge in [-0.25, -0.2) is 0 Å². The number of nitro benzene ring substituents is 1. The van der Waals surface area contributed by atoms with Gasteiger partial charge in [-0.1, -0.05) is 0 Å². The van der Waals surface area contributed by atoms with Gasteiger partial charge in [-0.15, -0.1) is 11.8 Å². The van der Waals surface area contributed by atoms with Crippen molar-refractivity contribution in [2.45, 2.75) is 4.90 Å². The number of nitrogens with zero attached hydrogens (tertiary/aromatic N) is 1. The summed E-state index contributed by atoms with van der Waals surface area (Å²) in [5.74, 6) is 0.796. The zero-order chi connectivity index (χ0) is 16.8. The first-order valence-electron chi connectivity index (χ1n) is 6.50. The minimum Gasteiger partial charge on any atom is -0.497 e. The lowest BCUT2D eigenvalue weighted by Crippen LogP contribution is -2.14. The van der Waals surface area contributed by atoms with E-state index in [9.17, 15) is 14.9 Å². The van der Waals surface area contributed by atoms with Crippen molar-refractivity contribution in [2.75, 3.05) is 18.2 Å². The second-order valence-corrected chi connectivity index (χ2v) is 6.34. The third-order valence-corrected chi connectivity index (χ3v) is 4.54. The number of methoxy groups -OCH3 is 1. The van der Waals surface area contributed by atoms with E-state index in [0.29, 0.717) is 10.2 Å². The molecule has 2 aromatic rings. The molecule has 120 valence electrons. The van der Waals surface area contributed by atoms with Crippen LogP contribution in [0.1, 0.15) is 0 Å². The van der Waals surface area contributed by atoms with E-state index in [4.69, 9.17) is 4.74 Å². The standard InChI is InChI=1S/C15H13BrN2O4S/c1-22-11-3-5-12(6-4-11)23-9-15(19)17-14-7-2-10(18(20)21)8-13(14)16/h2-8H,9H2,1H3,(H,17,19). The summed E-state index contributed by atoms with van der Waals surface area (Å²) >= 11 is 4.61. The number of carbonyl (C=O) groups excluding carboxylic acids is 1. The summed E-state index contributed by atoms with van der Waals surface area (Å²) in [6, 6.07) is 11.6. The molecule has 23 heavy (non-hydrogen) atoms. The SMILES string of the molecule is COc1ccc(SCC(=O)Nc2ccc([N+](=O)[O-])cc2Br)cc1. The zero-order valence-electron chi connectivity index (χ0n) is 12.1. The molecule has 0 aliphatic rings. The van der Waals surface area contributed by atoms with E-state index >= 15 is 0 Å². The Morgan fingerprint density at radius 1 is 1.30 bits per heavy atom. The van der Waals surface area contributed by atoms with Gasteiger partial charge in [0, 0.05) is 21.5 Å². The number of thioether (sulfide) groups is 1. The third-order valence-electron chi connectivity index (χ3n) is 2.87. The van der Waals surface area contributed by atoms with Gasteiger partial charge in [-0.2, -0.15) is 0 Å². The van der Waals surface area contributed by atoms with E-state index in [0.717, 1.165) is 10.6 Å². The monoisotopic (exact) mass is 396 g/mol. The molecular weight excluding hydrogens is 384 g/mol. The van der Waals surface area contributed by atoms with Crippen molar-refractivity contribution in [2.24, 2.45) is 0 Å². The highest BCUT2D eigenvalue weighted by atomic mass is 79.9. The molecule has 0 atom stereocenters. The van der Waals surface area contributed by atoms with Crippen LogP contribution in [0.4, 0.5) is 11.4 Å². The number of carbonyl (C=O) groups is 1. The summed E-state index contributed by atoms with van der Waals surface area (Å²) in [5, 5.41) is 13.4. The van der Waals surface area contributed by atoms with Gasteiger partial charge in [0.05, 0.1) is 23.5 Å². The summed E-state index contributed by atoms with van der Waals surface area (Å²) < 4.78 is 5.54. The average molecular weight is 397 g/mol. The lowest BCUT2D eigenvalue weighted by molar-refractivity contribution is -0.384. The van der Waals surface area contributed by atoms with Crippen molar-refractivity contribution in [1.29, 1.82) is 0 Å². The van der Waals surface area contributed by atoms with Gasteiger partial charge in [0.15, 0.2) is 0 Å². The van der Waals surface area contributed by atoms with Crippen molar-refractivity contribution < 1.29 is 14.5 Å². The van der Waals surface area contributed by atoms with E-state index in [1.54, 1.807) is 7.11 Å². The maximum Gasteiger partial charge on any atom is 0.270 e. The van der Waals surface area contributed by atoms with E-state index in [1.807, 2.05) is 24.3 Å². The van der Waals surface area contributed by atoms with Crippen LogP contribution in [0.5, 0.6) is 5.75 Å². The van der Waals surface area contributed by atoms with E-state index < -0.39 is 4.92 Å². The molecule has 0 heterocycles. The van der Waals surface area contributed by atoms with Crippen molar-refractivity contribution in [3.63, 3.8) is 0 Å². The molecule has 0 unspecified atom stereocenters. The smallest absolute Gasteiger partial charge is 0.270 e. The summed E-state index contributed by atoms with van der Waals surface area (Å²) in [6.07, 6.45) is 0. The van der Waals surface area contributed by atoms with E-state index in [-0.39, 0.29) is 17.3 Å². The predicted octanol–water partition coefficient (Wildman–Crippen LogP) is 4.10. The molecule has 1 amide bonds. The predicted molar refractivity (Wildman–Crippen MR) is 93.1 cm³/mol. The number of nitrogens with one attached hydrogen (secondary N) is 1. The molecule has 0 bridgehead atoms. The lowest BCUT2D eigenvalue weighted by Gasteiger charge is -2.07. The molecule has 1 N–H and O–H groups in total. The van der Waals surface area contributed by atoms with Crippen LogP contribution >= 0.6 is 27.7 Å². The third kappa shape index (κ3) is 4.97. The van der Waals surface area contributed by atoms with Gasteiger partial charge in [-0.05, 0) is 46.3 Å². The van der Waals surface area contributed by atoms with Gasteiger partial charge in [-0.3, -0.25) is 14.9 Å². The minimum absolute atomic E-state index is 0.0394. The molecule has 8 heteroatoms. The van der Waals surface area contributed by atoms with Gasteiger partial charge < -0.3 is 10.1 Å². The Balaban J connectivity index is 1.92. The summed E-state index contributed by atoms with van der Waals surface area (Å²) in [6.45, 7) is 0. The van der Waals surface area contributed by atoms with Crippen molar-refractivity contribution in [3.8, 4) is 5.75 Å². The van der Waals surface area contributed by atoms with Crippen LogP contribution in [0.25, 0.3) is 0 Å². The van der Waals surface area contributed by atoms with E-state index in [1.165, 1.54) is 30.0 Å². The number of non-ortho nitro benzene ring substituents is 1. The molecule has 0 radical (unpaired) electrons. The van der Waals surface area contributed by atoms with Crippen LogP contribution in [-0.4, -0.2) is 23.7 Å². The van der Waals surface area contributed by atoms with E-state index in [2.05, 4.69) is 21.2 Å². The Bertz CT molecular complexity index is 722. The van der Waals surface area contributed by atoms with Crippen molar-refractivity contribution in [3.05, 3.63) is 57.1 Å². The Labute approximate surface area is 145 Å². The first-order valence-corrected chi connectivity index (χ1v) is 8.28. The first-order chi connectivity index (χ1) is 11.0. The largest absolute Gasteiger partial charge is 0.497 e. The molecule has 0 spiro atoms. The fraction of sp³-hybridized carbons (Fsp3) is 0.133. The quantitative estimate of drug-likeness (QED) is 0.451. The van der Waals surface area contributed by atoms with Gasteiger partial charge >= 0.3 is 0 Å². The van der Waals surface area contributed by atoms with Crippen LogP contribution in [0.2, 0.25) is 0 Å². The summed E-state index contributed by atoms with van der Waals surface area (Å²) in [7, 11) is 1.59. The molecule has 0 aliphatic carbocycles. The molecule has 0 aliphatic heterocycles. The molecule has 0 saturated heterocycles. The van der Waals surface area contributed by atoms with Gasteiger partial charge in [0.2, 0.25) is 5.91 Å².